The summed E-state index contributed by atoms with van der Waals surface area (Å²) in [6.07, 6.45) is 4.15. The zero-order chi connectivity index (χ0) is 11.3. The van der Waals surface area contributed by atoms with Crippen molar-refractivity contribution in [3.63, 3.8) is 0 Å². The summed E-state index contributed by atoms with van der Waals surface area (Å²) in [7, 11) is 0. The molecule has 1 aliphatic carbocycles. The van der Waals surface area contributed by atoms with E-state index in [9.17, 15) is 9.59 Å². The van der Waals surface area contributed by atoms with Crippen molar-refractivity contribution >= 4 is 11.8 Å². The molecular formula is C10H19N3O2. The van der Waals surface area contributed by atoms with E-state index >= 15 is 0 Å². The molecule has 5 heteroatoms. The van der Waals surface area contributed by atoms with Crippen LogP contribution in [0.5, 0.6) is 0 Å². The van der Waals surface area contributed by atoms with Gasteiger partial charge >= 0.3 is 0 Å². The number of nitrogens with two attached hydrogens (primary N) is 1. The van der Waals surface area contributed by atoms with Crippen LogP contribution in [0.4, 0.5) is 0 Å². The third kappa shape index (κ3) is 4.29. The average Bonchev–Trinajstić information content (AvgIpc) is 2.18. The number of rotatable bonds is 3. The molecule has 1 rings (SSSR count). The van der Waals surface area contributed by atoms with Crippen molar-refractivity contribution in [1.29, 1.82) is 0 Å². The summed E-state index contributed by atoms with van der Waals surface area (Å²) in [5.41, 5.74) is 5.88. The Morgan fingerprint density at radius 3 is 2.60 bits per heavy atom. The summed E-state index contributed by atoms with van der Waals surface area (Å²) in [5, 5.41) is 5.30. The Bertz CT molecular complexity index is 243. The van der Waals surface area contributed by atoms with Gasteiger partial charge in [-0.25, -0.2) is 0 Å². The maximum Gasteiger partial charge on any atom is 0.239 e. The molecule has 4 N–H and O–H groups in total. The van der Waals surface area contributed by atoms with E-state index in [0.29, 0.717) is 0 Å². The van der Waals surface area contributed by atoms with Crippen LogP contribution in [-0.4, -0.2) is 30.4 Å². The molecular weight excluding hydrogens is 194 g/mol. The molecule has 2 amide bonds. The molecule has 0 aromatic rings. The van der Waals surface area contributed by atoms with Gasteiger partial charge in [-0.2, -0.15) is 0 Å². The molecule has 0 spiro atoms. The van der Waals surface area contributed by atoms with Crippen LogP contribution in [0.3, 0.4) is 0 Å². The molecule has 1 aliphatic rings. The van der Waals surface area contributed by atoms with Crippen LogP contribution in [-0.2, 0) is 9.59 Å². The number of hydrogen-bond acceptors (Lipinski definition) is 3. The third-order valence-electron chi connectivity index (χ3n) is 2.66. The molecule has 15 heavy (non-hydrogen) atoms. The van der Waals surface area contributed by atoms with Crippen molar-refractivity contribution in [3.05, 3.63) is 0 Å². The quantitative estimate of drug-likeness (QED) is 0.591. The number of amides is 2. The van der Waals surface area contributed by atoms with Gasteiger partial charge in [0.15, 0.2) is 0 Å². The first-order valence-electron chi connectivity index (χ1n) is 5.39. The van der Waals surface area contributed by atoms with Gasteiger partial charge < -0.3 is 16.4 Å². The molecule has 1 fully saturated rings. The second-order valence-electron chi connectivity index (χ2n) is 4.03. The van der Waals surface area contributed by atoms with Crippen molar-refractivity contribution in [3.8, 4) is 0 Å². The summed E-state index contributed by atoms with van der Waals surface area (Å²) >= 11 is 0. The van der Waals surface area contributed by atoms with E-state index < -0.39 is 0 Å². The molecule has 0 aliphatic heterocycles. The van der Waals surface area contributed by atoms with Crippen molar-refractivity contribution in [2.75, 3.05) is 6.54 Å². The first kappa shape index (κ1) is 12.0. The highest BCUT2D eigenvalue weighted by Gasteiger charge is 2.22. The van der Waals surface area contributed by atoms with Crippen LogP contribution < -0.4 is 16.4 Å². The topological polar surface area (TPSA) is 84.2 Å². The molecule has 0 heterocycles. The summed E-state index contributed by atoms with van der Waals surface area (Å²) in [4.78, 5) is 22.0. The van der Waals surface area contributed by atoms with Crippen molar-refractivity contribution in [2.45, 2.75) is 44.7 Å². The maximum atomic E-state index is 11.4. The lowest BCUT2D eigenvalue weighted by molar-refractivity contribution is -0.125. The van der Waals surface area contributed by atoms with Gasteiger partial charge in [-0.05, 0) is 12.8 Å². The summed E-state index contributed by atoms with van der Waals surface area (Å²) in [6.45, 7) is 1.43. The van der Waals surface area contributed by atoms with Crippen LogP contribution in [0, 0.1) is 0 Å². The minimum absolute atomic E-state index is 0.0402. The summed E-state index contributed by atoms with van der Waals surface area (Å²) in [5.74, 6) is -0.356. The zero-order valence-corrected chi connectivity index (χ0v) is 9.08. The highest BCUT2D eigenvalue weighted by Crippen LogP contribution is 2.16. The van der Waals surface area contributed by atoms with Crippen LogP contribution in [0.1, 0.15) is 32.6 Å². The minimum atomic E-state index is -0.196. The summed E-state index contributed by atoms with van der Waals surface area (Å²) in [6, 6.07) is 0.125. The smallest absolute Gasteiger partial charge is 0.239 e. The van der Waals surface area contributed by atoms with Gasteiger partial charge in [-0.1, -0.05) is 12.8 Å². The lowest BCUT2D eigenvalue weighted by Crippen LogP contribution is -2.51. The highest BCUT2D eigenvalue weighted by molar-refractivity contribution is 5.83. The average molecular weight is 213 g/mol. The van der Waals surface area contributed by atoms with E-state index in [-0.39, 0.29) is 30.4 Å². The monoisotopic (exact) mass is 213 g/mol. The molecule has 0 aromatic carbocycles. The Kier molecular flexibility index (Phi) is 4.55. The second kappa shape index (κ2) is 5.70. The molecule has 0 bridgehead atoms. The predicted octanol–water partition coefficient (Wildman–Crippen LogP) is -0.491. The van der Waals surface area contributed by atoms with Gasteiger partial charge in [0.2, 0.25) is 11.8 Å². The Hall–Kier alpha value is -1.10. The van der Waals surface area contributed by atoms with E-state index in [1.807, 2.05) is 0 Å². The molecule has 2 unspecified atom stereocenters. The van der Waals surface area contributed by atoms with Gasteiger partial charge in [-0.15, -0.1) is 0 Å². The molecule has 1 saturated carbocycles. The Labute approximate surface area is 89.8 Å². The van der Waals surface area contributed by atoms with E-state index in [1.165, 1.54) is 6.92 Å². The normalized spacial score (nSPS) is 25.7. The zero-order valence-electron chi connectivity index (χ0n) is 9.08. The van der Waals surface area contributed by atoms with Gasteiger partial charge in [0.25, 0.3) is 0 Å². The van der Waals surface area contributed by atoms with Crippen molar-refractivity contribution < 1.29 is 9.59 Å². The maximum absolute atomic E-state index is 11.4. The van der Waals surface area contributed by atoms with Crippen molar-refractivity contribution in [2.24, 2.45) is 5.73 Å². The van der Waals surface area contributed by atoms with E-state index in [4.69, 9.17) is 5.73 Å². The van der Waals surface area contributed by atoms with E-state index in [0.717, 1.165) is 25.7 Å². The summed E-state index contributed by atoms with van der Waals surface area (Å²) < 4.78 is 0. The highest BCUT2D eigenvalue weighted by atomic mass is 16.2. The lowest BCUT2D eigenvalue weighted by Gasteiger charge is -2.29. The first-order chi connectivity index (χ1) is 7.09. The molecule has 86 valence electrons. The molecule has 5 nitrogen and oxygen atoms in total. The fraction of sp³-hybridized carbons (Fsp3) is 0.800. The van der Waals surface area contributed by atoms with Gasteiger partial charge in [0.05, 0.1) is 6.54 Å². The Morgan fingerprint density at radius 1 is 1.33 bits per heavy atom. The fourth-order valence-electron chi connectivity index (χ4n) is 1.80. The SMILES string of the molecule is CC(=O)NCC(=O)NC1CCCCC1N. The Balaban J connectivity index is 2.26. The molecule has 2 atom stereocenters. The molecule has 0 saturated heterocycles. The fourth-order valence-corrected chi connectivity index (χ4v) is 1.80. The largest absolute Gasteiger partial charge is 0.350 e. The van der Waals surface area contributed by atoms with Crippen LogP contribution >= 0.6 is 0 Å². The third-order valence-corrected chi connectivity index (χ3v) is 2.66. The Morgan fingerprint density at radius 2 is 2.00 bits per heavy atom. The van der Waals surface area contributed by atoms with Crippen LogP contribution in [0.2, 0.25) is 0 Å². The van der Waals surface area contributed by atoms with Crippen molar-refractivity contribution in [1.82, 2.24) is 10.6 Å². The minimum Gasteiger partial charge on any atom is -0.350 e. The van der Waals surface area contributed by atoms with Crippen LogP contribution in [0.15, 0.2) is 0 Å². The van der Waals surface area contributed by atoms with Gasteiger partial charge in [0, 0.05) is 19.0 Å². The molecule has 0 aromatic heterocycles. The first-order valence-corrected chi connectivity index (χ1v) is 5.39. The number of hydrogen-bond donors (Lipinski definition) is 3. The van der Waals surface area contributed by atoms with Gasteiger partial charge in [0.1, 0.15) is 0 Å². The molecule has 0 radical (unpaired) electrons. The standard InChI is InChI=1S/C10H19N3O2/c1-7(14)12-6-10(15)13-9-5-3-2-4-8(9)11/h8-9H,2-6,11H2,1H3,(H,12,14)(H,13,15). The number of carbonyl (C=O) groups is 2. The van der Waals surface area contributed by atoms with Crippen LogP contribution in [0.25, 0.3) is 0 Å². The van der Waals surface area contributed by atoms with E-state index in [1.54, 1.807) is 0 Å². The van der Waals surface area contributed by atoms with E-state index in [2.05, 4.69) is 10.6 Å². The van der Waals surface area contributed by atoms with Gasteiger partial charge in [-0.3, -0.25) is 9.59 Å². The lowest BCUT2D eigenvalue weighted by atomic mass is 9.91. The second-order valence-corrected chi connectivity index (χ2v) is 4.03. The number of carbonyl (C=O) groups excluding carboxylic acids is 2. The predicted molar refractivity (Wildman–Crippen MR) is 57.1 cm³/mol. The number of nitrogens with one attached hydrogen (secondary N) is 2.